The predicted octanol–water partition coefficient (Wildman–Crippen LogP) is 2.90. The summed E-state index contributed by atoms with van der Waals surface area (Å²) in [5.74, 6) is -0.252. The molecule has 1 aromatic heterocycles. The van der Waals surface area contributed by atoms with Crippen molar-refractivity contribution in [1.29, 1.82) is 0 Å². The van der Waals surface area contributed by atoms with Gasteiger partial charge in [0.25, 0.3) is 11.6 Å². The first kappa shape index (κ1) is 18.8. The lowest BCUT2D eigenvalue weighted by Crippen LogP contribution is -2.46. The maximum absolute atomic E-state index is 12.6. The zero-order chi connectivity index (χ0) is 19.6. The van der Waals surface area contributed by atoms with E-state index in [1.807, 2.05) is 31.4 Å². The van der Waals surface area contributed by atoms with Crippen molar-refractivity contribution >= 4 is 34.5 Å². The molecular weight excluding hydrogens is 370 g/mol. The van der Waals surface area contributed by atoms with Crippen LogP contribution >= 0.6 is 11.3 Å². The summed E-state index contributed by atoms with van der Waals surface area (Å²) in [5.41, 5.74) is 0.0592. The third-order valence-electron chi connectivity index (χ3n) is 4.23. The Morgan fingerprint density at radius 1 is 1.41 bits per heavy atom. The van der Waals surface area contributed by atoms with Gasteiger partial charge in [0.2, 0.25) is 5.91 Å². The van der Waals surface area contributed by atoms with Crippen LogP contribution in [0.5, 0.6) is 5.75 Å². The Kier molecular flexibility index (Phi) is 5.41. The average Bonchev–Trinajstić information content (AvgIpc) is 3.15. The third kappa shape index (κ3) is 4.08. The molecule has 0 bridgehead atoms. The Bertz CT molecular complexity index is 866. The standard InChI is InChI=1S/C18H19N3O5S/c1-11(2)18(15-4-3-7-27-15)19-16(22)9-20-13-8-12(21(24)25)5-6-14(13)26-10-17(20)23/h3-8,11,18H,9-10H2,1-2H3,(H,19,22)/t18-/m0/s1. The minimum Gasteiger partial charge on any atom is -0.482 e. The molecular formula is C18H19N3O5S. The van der Waals surface area contributed by atoms with Crippen molar-refractivity contribution < 1.29 is 19.2 Å². The van der Waals surface area contributed by atoms with Gasteiger partial charge in [-0.15, -0.1) is 11.3 Å². The maximum Gasteiger partial charge on any atom is 0.271 e. The number of benzene rings is 1. The number of nitrogens with zero attached hydrogens (tertiary/aromatic N) is 2. The monoisotopic (exact) mass is 389 g/mol. The topological polar surface area (TPSA) is 102 Å². The molecule has 0 fully saturated rings. The van der Waals surface area contributed by atoms with Crippen molar-refractivity contribution in [2.75, 3.05) is 18.1 Å². The van der Waals surface area contributed by atoms with E-state index in [0.29, 0.717) is 5.75 Å². The second-order valence-electron chi connectivity index (χ2n) is 6.48. The molecule has 0 saturated heterocycles. The summed E-state index contributed by atoms with van der Waals surface area (Å²) < 4.78 is 5.32. The molecule has 3 rings (SSSR count). The van der Waals surface area contributed by atoms with Gasteiger partial charge in [0, 0.05) is 17.0 Å². The Balaban J connectivity index is 1.80. The van der Waals surface area contributed by atoms with Crippen LogP contribution in [0.15, 0.2) is 35.7 Å². The van der Waals surface area contributed by atoms with Crippen molar-refractivity contribution in [2.24, 2.45) is 5.92 Å². The maximum atomic E-state index is 12.6. The summed E-state index contributed by atoms with van der Waals surface area (Å²) >= 11 is 1.55. The molecule has 0 radical (unpaired) electrons. The lowest BCUT2D eigenvalue weighted by atomic mass is 10.0. The largest absolute Gasteiger partial charge is 0.482 e. The molecule has 9 heteroatoms. The van der Waals surface area contributed by atoms with Crippen molar-refractivity contribution in [3.8, 4) is 5.75 Å². The molecule has 1 aromatic carbocycles. The van der Waals surface area contributed by atoms with E-state index in [-0.39, 0.29) is 42.4 Å². The molecule has 0 saturated carbocycles. The quantitative estimate of drug-likeness (QED) is 0.605. The highest BCUT2D eigenvalue weighted by Gasteiger charge is 2.30. The minimum absolute atomic E-state index is 0.168. The summed E-state index contributed by atoms with van der Waals surface area (Å²) in [7, 11) is 0. The lowest BCUT2D eigenvalue weighted by molar-refractivity contribution is -0.384. The van der Waals surface area contributed by atoms with Crippen LogP contribution in [0.4, 0.5) is 11.4 Å². The van der Waals surface area contributed by atoms with E-state index < -0.39 is 10.8 Å². The van der Waals surface area contributed by atoms with E-state index in [1.54, 1.807) is 11.3 Å². The number of nitro benzene ring substituents is 1. The molecule has 2 amide bonds. The number of rotatable bonds is 6. The zero-order valence-electron chi connectivity index (χ0n) is 14.9. The number of hydrogen-bond acceptors (Lipinski definition) is 6. The van der Waals surface area contributed by atoms with Crippen LogP contribution in [-0.2, 0) is 9.59 Å². The molecule has 1 aliphatic rings. The van der Waals surface area contributed by atoms with E-state index >= 15 is 0 Å². The number of anilines is 1. The third-order valence-corrected chi connectivity index (χ3v) is 5.19. The van der Waals surface area contributed by atoms with E-state index in [1.165, 1.54) is 23.1 Å². The Labute approximate surface area is 159 Å². The Morgan fingerprint density at radius 3 is 2.81 bits per heavy atom. The number of nitro groups is 1. The first-order valence-corrected chi connectivity index (χ1v) is 9.29. The molecule has 2 aromatic rings. The zero-order valence-corrected chi connectivity index (χ0v) is 15.7. The fourth-order valence-corrected chi connectivity index (χ4v) is 3.82. The normalized spacial score (nSPS) is 14.5. The van der Waals surface area contributed by atoms with Crippen molar-refractivity contribution in [1.82, 2.24) is 5.32 Å². The van der Waals surface area contributed by atoms with E-state index in [9.17, 15) is 19.7 Å². The van der Waals surface area contributed by atoms with Crippen LogP contribution in [0.3, 0.4) is 0 Å². The summed E-state index contributed by atoms with van der Waals surface area (Å²) in [6.45, 7) is 3.56. The van der Waals surface area contributed by atoms with Gasteiger partial charge >= 0.3 is 0 Å². The fourth-order valence-electron chi connectivity index (χ4n) is 2.87. The van der Waals surface area contributed by atoms with E-state index in [0.717, 1.165) is 4.88 Å². The average molecular weight is 389 g/mol. The highest BCUT2D eigenvalue weighted by Crippen LogP contribution is 2.35. The van der Waals surface area contributed by atoms with Crippen molar-refractivity contribution in [3.05, 3.63) is 50.7 Å². The van der Waals surface area contributed by atoms with Gasteiger partial charge in [0.1, 0.15) is 12.3 Å². The molecule has 142 valence electrons. The molecule has 27 heavy (non-hydrogen) atoms. The van der Waals surface area contributed by atoms with Gasteiger partial charge in [-0.2, -0.15) is 0 Å². The van der Waals surface area contributed by atoms with Crippen LogP contribution in [0.25, 0.3) is 0 Å². The van der Waals surface area contributed by atoms with Gasteiger partial charge in [-0.05, 0) is 23.4 Å². The number of thiophene rings is 1. The SMILES string of the molecule is CC(C)[C@H](NC(=O)CN1C(=O)COc2ccc([N+](=O)[O-])cc21)c1cccs1. The van der Waals surface area contributed by atoms with Crippen LogP contribution in [-0.4, -0.2) is 29.9 Å². The Hall–Kier alpha value is -2.94. The van der Waals surface area contributed by atoms with E-state index in [4.69, 9.17) is 4.74 Å². The first-order valence-electron chi connectivity index (χ1n) is 8.41. The molecule has 8 nitrogen and oxygen atoms in total. The molecule has 0 unspecified atom stereocenters. The smallest absolute Gasteiger partial charge is 0.271 e. The molecule has 1 atom stereocenters. The minimum atomic E-state index is -0.552. The first-order chi connectivity index (χ1) is 12.9. The lowest BCUT2D eigenvalue weighted by Gasteiger charge is -2.29. The Morgan fingerprint density at radius 2 is 2.19 bits per heavy atom. The molecule has 1 aliphatic heterocycles. The number of hydrogen-bond donors (Lipinski definition) is 1. The van der Waals surface area contributed by atoms with Gasteiger partial charge in [-0.3, -0.25) is 24.6 Å². The van der Waals surface area contributed by atoms with Crippen molar-refractivity contribution in [3.63, 3.8) is 0 Å². The predicted molar refractivity (Wildman–Crippen MR) is 101 cm³/mol. The van der Waals surface area contributed by atoms with Crippen LogP contribution in [0, 0.1) is 16.0 Å². The fraction of sp³-hybridized carbons (Fsp3) is 0.333. The van der Waals surface area contributed by atoms with Crippen LogP contribution in [0.2, 0.25) is 0 Å². The van der Waals surface area contributed by atoms with Gasteiger partial charge in [-0.1, -0.05) is 19.9 Å². The second kappa shape index (κ2) is 7.75. The number of fused-ring (bicyclic) bond motifs is 1. The van der Waals surface area contributed by atoms with Gasteiger partial charge in [-0.25, -0.2) is 0 Å². The summed E-state index contributed by atoms with van der Waals surface area (Å²) in [4.78, 5) is 37.6. The van der Waals surface area contributed by atoms with E-state index in [2.05, 4.69) is 5.32 Å². The highest BCUT2D eigenvalue weighted by molar-refractivity contribution is 7.10. The molecule has 0 aliphatic carbocycles. The highest BCUT2D eigenvalue weighted by atomic mass is 32.1. The number of nitrogens with one attached hydrogen (secondary N) is 1. The molecule has 0 spiro atoms. The summed E-state index contributed by atoms with van der Waals surface area (Å²) in [6.07, 6.45) is 0. The second-order valence-corrected chi connectivity index (χ2v) is 7.46. The van der Waals surface area contributed by atoms with Crippen molar-refractivity contribution in [2.45, 2.75) is 19.9 Å². The van der Waals surface area contributed by atoms with Gasteiger partial charge < -0.3 is 10.1 Å². The summed E-state index contributed by atoms with van der Waals surface area (Å²) in [5, 5.41) is 15.9. The number of carbonyl (C=O) groups is 2. The number of amides is 2. The molecule has 2 heterocycles. The molecule has 1 N–H and O–H groups in total. The van der Waals surface area contributed by atoms with Gasteiger partial charge in [0.15, 0.2) is 6.61 Å². The number of ether oxygens (including phenoxy) is 1. The number of non-ortho nitro benzene ring substituents is 1. The van der Waals surface area contributed by atoms with Crippen LogP contribution in [0.1, 0.15) is 24.8 Å². The van der Waals surface area contributed by atoms with Crippen LogP contribution < -0.4 is 15.0 Å². The number of carbonyl (C=O) groups excluding carboxylic acids is 2. The van der Waals surface area contributed by atoms with Gasteiger partial charge in [0.05, 0.1) is 16.7 Å². The summed E-state index contributed by atoms with van der Waals surface area (Å²) in [6, 6.07) is 7.69.